The van der Waals surface area contributed by atoms with E-state index in [1.54, 1.807) is 0 Å². The van der Waals surface area contributed by atoms with Crippen LogP contribution in [0.15, 0.2) is 30.3 Å². The van der Waals surface area contributed by atoms with Gasteiger partial charge in [0.1, 0.15) is 0 Å². The second-order valence-corrected chi connectivity index (χ2v) is 8.96. The Kier molecular flexibility index (Phi) is 3.82. The lowest BCUT2D eigenvalue weighted by molar-refractivity contribution is 0.403. The number of nitrogens with zero attached hydrogens (tertiary/aromatic N) is 1. The van der Waals surface area contributed by atoms with E-state index in [0.29, 0.717) is 0 Å². The molecule has 1 aliphatic carbocycles. The van der Waals surface area contributed by atoms with Gasteiger partial charge in [0, 0.05) is 18.4 Å². The minimum absolute atomic E-state index is 0.244. The van der Waals surface area contributed by atoms with Gasteiger partial charge in [-0.1, -0.05) is 39.8 Å². The maximum Gasteiger partial charge on any atom is 0.0440 e. The molecule has 0 N–H and O–H groups in total. The van der Waals surface area contributed by atoms with E-state index in [-0.39, 0.29) is 10.8 Å². The first kappa shape index (κ1) is 17.1. The smallest absolute Gasteiger partial charge is 0.0440 e. The average molecular weight is 322 g/mol. The van der Waals surface area contributed by atoms with Crippen LogP contribution >= 0.6 is 0 Å². The summed E-state index contributed by atoms with van der Waals surface area (Å²) in [4.78, 5) is 2.34. The molecule has 3 rings (SSSR count). The summed E-state index contributed by atoms with van der Waals surface area (Å²) in [6.45, 7) is 16.1. The largest absolute Gasteiger partial charge is 0.344 e. The second-order valence-electron chi connectivity index (χ2n) is 8.96. The fourth-order valence-electron chi connectivity index (χ4n) is 4.63. The molecule has 0 bridgehead atoms. The van der Waals surface area contributed by atoms with E-state index in [1.807, 2.05) is 0 Å². The first-order valence-electron chi connectivity index (χ1n) is 8.99. The number of anilines is 2. The molecule has 0 spiro atoms. The zero-order valence-corrected chi connectivity index (χ0v) is 16.5. The fraction of sp³-hybridized carbons (Fsp3) is 0.478. The van der Waals surface area contributed by atoms with Crippen molar-refractivity contribution < 1.29 is 0 Å². The first-order valence-corrected chi connectivity index (χ1v) is 8.99. The van der Waals surface area contributed by atoms with E-state index < -0.39 is 0 Å². The van der Waals surface area contributed by atoms with Crippen molar-refractivity contribution in [3.8, 4) is 0 Å². The van der Waals surface area contributed by atoms with Gasteiger partial charge in [-0.15, -0.1) is 0 Å². The maximum atomic E-state index is 2.42. The Labute approximate surface area is 147 Å². The average Bonchev–Trinajstić information content (AvgIpc) is 2.67. The molecule has 0 saturated heterocycles. The van der Waals surface area contributed by atoms with Crippen LogP contribution in [0.3, 0.4) is 0 Å². The Balaban J connectivity index is 2.08. The Morgan fingerprint density at radius 3 is 2.00 bits per heavy atom. The molecule has 0 unspecified atom stereocenters. The fourth-order valence-corrected chi connectivity index (χ4v) is 4.63. The van der Waals surface area contributed by atoms with E-state index in [2.05, 4.69) is 90.7 Å². The minimum atomic E-state index is 0.244. The molecule has 0 aliphatic heterocycles. The van der Waals surface area contributed by atoms with Crippen molar-refractivity contribution >= 4 is 11.4 Å². The predicted molar refractivity (Wildman–Crippen MR) is 106 cm³/mol. The molecule has 2 aromatic carbocycles. The van der Waals surface area contributed by atoms with Gasteiger partial charge in [0.2, 0.25) is 0 Å². The highest BCUT2D eigenvalue weighted by Gasteiger charge is 2.41. The van der Waals surface area contributed by atoms with Gasteiger partial charge in [-0.2, -0.15) is 0 Å². The highest BCUT2D eigenvalue weighted by atomic mass is 15.1. The summed E-state index contributed by atoms with van der Waals surface area (Å²) in [5.74, 6) is 0. The molecule has 2 aromatic rings. The topological polar surface area (TPSA) is 3.24 Å². The van der Waals surface area contributed by atoms with Crippen molar-refractivity contribution in [2.75, 3.05) is 11.9 Å². The van der Waals surface area contributed by atoms with Crippen LogP contribution in [-0.4, -0.2) is 7.05 Å². The molecule has 0 fully saturated rings. The number of rotatable bonds is 2. The van der Waals surface area contributed by atoms with Crippen LogP contribution in [-0.2, 0) is 10.8 Å². The Morgan fingerprint density at radius 2 is 1.33 bits per heavy atom. The van der Waals surface area contributed by atoms with Crippen LogP contribution < -0.4 is 4.90 Å². The van der Waals surface area contributed by atoms with Gasteiger partial charge in [0.15, 0.2) is 0 Å². The van der Waals surface area contributed by atoms with Crippen molar-refractivity contribution in [3.05, 3.63) is 58.1 Å². The highest BCUT2D eigenvalue weighted by molar-refractivity contribution is 5.69. The van der Waals surface area contributed by atoms with Gasteiger partial charge in [-0.25, -0.2) is 0 Å². The van der Waals surface area contributed by atoms with Crippen LogP contribution in [0.1, 0.15) is 61.9 Å². The molecule has 0 amide bonds. The molecule has 0 aromatic heterocycles. The summed E-state index contributed by atoms with van der Waals surface area (Å²) >= 11 is 0. The summed E-state index contributed by atoms with van der Waals surface area (Å²) in [6, 6.07) is 11.7. The van der Waals surface area contributed by atoms with Crippen molar-refractivity contribution in [2.24, 2.45) is 0 Å². The monoisotopic (exact) mass is 321 g/mol. The molecule has 24 heavy (non-hydrogen) atoms. The SMILES string of the molecule is Cc1cc(C)c(N(C)c2ccc3c(c2)C(C)(C)CC3(C)C)cc1C. The maximum absolute atomic E-state index is 2.42. The molecular weight excluding hydrogens is 290 g/mol. The highest BCUT2D eigenvalue weighted by Crippen LogP contribution is 2.50. The van der Waals surface area contributed by atoms with E-state index in [1.165, 1.54) is 45.6 Å². The normalized spacial score (nSPS) is 17.7. The number of hydrogen-bond acceptors (Lipinski definition) is 1. The van der Waals surface area contributed by atoms with Crippen LogP contribution in [0.25, 0.3) is 0 Å². The van der Waals surface area contributed by atoms with Gasteiger partial charge in [0.05, 0.1) is 0 Å². The van der Waals surface area contributed by atoms with Gasteiger partial charge >= 0.3 is 0 Å². The third-order valence-electron chi connectivity index (χ3n) is 5.91. The third kappa shape index (κ3) is 2.64. The summed E-state index contributed by atoms with van der Waals surface area (Å²) < 4.78 is 0. The van der Waals surface area contributed by atoms with E-state index >= 15 is 0 Å². The van der Waals surface area contributed by atoms with Crippen LogP contribution in [0.2, 0.25) is 0 Å². The standard InChI is InChI=1S/C23H31N/c1-15-11-17(3)21(12-16(15)2)24(8)18-9-10-19-20(13-18)23(6,7)14-22(19,4)5/h9-13H,14H2,1-8H3. The van der Waals surface area contributed by atoms with Crippen molar-refractivity contribution in [1.82, 2.24) is 0 Å². The molecule has 1 aliphatic rings. The van der Waals surface area contributed by atoms with E-state index in [4.69, 9.17) is 0 Å². The lowest BCUT2D eigenvalue weighted by Crippen LogP contribution is -2.18. The van der Waals surface area contributed by atoms with Gasteiger partial charge in [-0.3, -0.25) is 0 Å². The third-order valence-corrected chi connectivity index (χ3v) is 5.91. The minimum Gasteiger partial charge on any atom is -0.344 e. The first-order chi connectivity index (χ1) is 11.0. The molecule has 1 nitrogen and oxygen atoms in total. The lowest BCUT2D eigenvalue weighted by atomic mass is 9.82. The van der Waals surface area contributed by atoms with Crippen LogP contribution in [0.5, 0.6) is 0 Å². The predicted octanol–water partition coefficient (Wildman–Crippen LogP) is 6.34. The summed E-state index contributed by atoms with van der Waals surface area (Å²) in [7, 11) is 2.19. The second kappa shape index (κ2) is 5.37. The number of aryl methyl sites for hydroxylation is 3. The van der Waals surface area contributed by atoms with Crippen LogP contribution in [0.4, 0.5) is 11.4 Å². The zero-order chi connectivity index (χ0) is 17.9. The number of fused-ring (bicyclic) bond motifs is 1. The van der Waals surface area contributed by atoms with Gasteiger partial charge in [-0.05, 0) is 84.0 Å². The van der Waals surface area contributed by atoms with Crippen molar-refractivity contribution in [1.29, 1.82) is 0 Å². The van der Waals surface area contributed by atoms with Gasteiger partial charge < -0.3 is 4.90 Å². The molecule has 0 atom stereocenters. The molecule has 0 heterocycles. The zero-order valence-electron chi connectivity index (χ0n) is 16.5. The quantitative estimate of drug-likeness (QED) is 0.624. The van der Waals surface area contributed by atoms with Crippen molar-refractivity contribution in [2.45, 2.75) is 65.7 Å². The summed E-state index contributed by atoms with van der Waals surface area (Å²) in [5.41, 5.74) is 10.2. The Hall–Kier alpha value is -1.76. The lowest BCUT2D eigenvalue weighted by Gasteiger charge is -2.26. The van der Waals surface area contributed by atoms with Crippen LogP contribution in [0, 0.1) is 20.8 Å². The number of hydrogen-bond donors (Lipinski definition) is 0. The molecule has 0 saturated carbocycles. The van der Waals surface area contributed by atoms with E-state index in [9.17, 15) is 0 Å². The Morgan fingerprint density at radius 1 is 0.750 bits per heavy atom. The molecule has 128 valence electrons. The van der Waals surface area contributed by atoms with E-state index in [0.717, 1.165) is 0 Å². The summed E-state index contributed by atoms with van der Waals surface area (Å²) in [5, 5.41) is 0. The Bertz CT molecular complexity index is 796. The van der Waals surface area contributed by atoms with Gasteiger partial charge in [0.25, 0.3) is 0 Å². The molecule has 0 radical (unpaired) electrons. The number of benzene rings is 2. The molecular formula is C23H31N. The summed E-state index contributed by atoms with van der Waals surface area (Å²) in [6.07, 6.45) is 1.21. The van der Waals surface area contributed by atoms with Crippen molar-refractivity contribution in [3.63, 3.8) is 0 Å². The molecule has 1 heteroatoms.